The summed E-state index contributed by atoms with van der Waals surface area (Å²) in [6.45, 7) is 11.7. The number of carbonyl (C=O) groups is 2. The van der Waals surface area contributed by atoms with Crippen molar-refractivity contribution < 1.29 is 23.8 Å². The van der Waals surface area contributed by atoms with Crippen molar-refractivity contribution in [2.24, 2.45) is 11.8 Å². The van der Waals surface area contributed by atoms with E-state index in [1.807, 2.05) is 0 Å². The van der Waals surface area contributed by atoms with Crippen molar-refractivity contribution in [1.82, 2.24) is 0 Å². The van der Waals surface area contributed by atoms with Crippen LogP contribution in [0.15, 0.2) is 34.9 Å². The summed E-state index contributed by atoms with van der Waals surface area (Å²) in [6, 6.07) is 0. The summed E-state index contributed by atoms with van der Waals surface area (Å²) in [5, 5.41) is 0. The maximum Gasteiger partial charge on any atom is 0.334 e. The van der Waals surface area contributed by atoms with Crippen molar-refractivity contribution in [2.45, 2.75) is 64.4 Å². The molecule has 2 heterocycles. The molecule has 5 nitrogen and oxygen atoms in total. The van der Waals surface area contributed by atoms with E-state index in [-0.39, 0.29) is 41.6 Å². The molecule has 134 valence electrons. The first-order valence-electron chi connectivity index (χ1n) is 8.88. The van der Waals surface area contributed by atoms with Crippen molar-refractivity contribution >= 4 is 11.9 Å². The largest absolute Gasteiger partial charge is 0.458 e. The third kappa shape index (κ3) is 2.25. The Hall–Kier alpha value is -1.88. The van der Waals surface area contributed by atoms with Gasteiger partial charge in [0.1, 0.15) is 17.8 Å². The van der Waals surface area contributed by atoms with Crippen molar-refractivity contribution in [3.63, 3.8) is 0 Å². The van der Waals surface area contributed by atoms with Crippen LogP contribution < -0.4 is 0 Å². The standard InChI is InChI=1S/C20H24O5/c1-6-9(2)18(21)23-13-7-10(3)12-8-14-20(5,25-14)16(12)17-15(13)11(4)19(22)24-17/h6,13-17H,4,7-8H2,1-3,5H3/b9-6-/t13-,14-,15+,16?,17-,20-/m0/s1. The summed E-state index contributed by atoms with van der Waals surface area (Å²) >= 11 is 0. The molecule has 1 unspecified atom stereocenters. The normalized spacial score (nSPS) is 42.4. The lowest BCUT2D eigenvalue weighted by Crippen LogP contribution is -2.40. The highest BCUT2D eigenvalue weighted by Crippen LogP contribution is 2.62. The van der Waals surface area contributed by atoms with Gasteiger partial charge in [-0.2, -0.15) is 0 Å². The monoisotopic (exact) mass is 344 g/mol. The Morgan fingerprint density at radius 2 is 2.12 bits per heavy atom. The molecular formula is C20H24O5. The summed E-state index contributed by atoms with van der Waals surface area (Å²) in [7, 11) is 0. The van der Waals surface area contributed by atoms with Crippen molar-refractivity contribution in [1.29, 1.82) is 0 Å². The van der Waals surface area contributed by atoms with Gasteiger partial charge < -0.3 is 14.2 Å². The molecule has 1 saturated carbocycles. The highest BCUT2D eigenvalue weighted by atomic mass is 16.6. The van der Waals surface area contributed by atoms with Crippen LogP contribution in [0.25, 0.3) is 0 Å². The van der Waals surface area contributed by atoms with Crippen LogP contribution in [0.3, 0.4) is 0 Å². The minimum absolute atomic E-state index is 0.0252. The number of allylic oxidation sites excluding steroid dienone is 1. The van der Waals surface area contributed by atoms with Crippen molar-refractivity contribution in [3.8, 4) is 0 Å². The molecular weight excluding hydrogens is 320 g/mol. The molecule has 0 N–H and O–H groups in total. The van der Waals surface area contributed by atoms with Crippen LogP contribution in [0.1, 0.15) is 40.5 Å². The summed E-state index contributed by atoms with van der Waals surface area (Å²) in [5.74, 6) is -1.03. The highest BCUT2D eigenvalue weighted by Gasteiger charge is 2.70. The molecule has 0 spiro atoms. The molecule has 0 bridgehead atoms. The maximum absolute atomic E-state index is 12.3. The van der Waals surface area contributed by atoms with Crippen molar-refractivity contribution in [3.05, 3.63) is 34.9 Å². The summed E-state index contributed by atoms with van der Waals surface area (Å²) < 4.78 is 17.4. The Labute approximate surface area is 147 Å². The fourth-order valence-corrected chi connectivity index (χ4v) is 4.77. The quantitative estimate of drug-likeness (QED) is 0.334. The predicted octanol–water partition coefficient (Wildman–Crippen LogP) is 2.86. The molecule has 4 rings (SSSR count). The van der Waals surface area contributed by atoms with Gasteiger partial charge in [0.15, 0.2) is 0 Å². The third-order valence-electron chi connectivity index (χ3n) is 6.44. The van der Waals surface area contributed by atoms with E-state index < -0.39 is 6.10 Å². The van der Waals surface area contributed by atoms with Gasteiger partial charge >= 0.3 is 11.9 Å². The van der Waals surface area contributed by atoms with Crippen LogP contribution in [-0.4, -0.2) is 35.9 Å². The lowest BCUT2D eigenvalue weighted by Gasteiger charge is -2.30. The summed E-state index contributed by atoms with van der Waals surface area (Å²) in [6.07, 6.45) is 2.60. The SMILES string of the molecule is C=C1C(=O)O[C@@H]2C3C(=C(C)C[C@H](OC(=O)/C(C)=C\C)[C@@H]12)C[C@@H]1O[C@]31C. The van der Waals surface area contributed by atoms with E-state index in [4.69, 9.17) is 14.2 Å². The van der Waals surface area contributed by atoms with Crippen LogP contribution >= 0.6 is 0 Å². The summed E-state index contributed by atoms with van der Waals surface area (Å²) in [5.41, 5.74) is 3.21. The van der Waals surface area contributed by atoms with Gasteiger partial charge in [-0.15, -0.1) is 0 Å². The summed E-state index contributed by atoms with van der Waals surface area (Å²) in [4.78, 5) is 24.6. The second kappa shape index (κ2) is 5.31. The zero-order chi connectivity index (χ0) is 18.1. The second-order valence-corrected chi connectivity index (χ2v) is 7.82. The van der Waals surface area contributed by atoms with E-state index >= 15 is 0 Å². The average molecular weight is 344 g/mol. The molecule has 25 heavy (non-hydrogen) atoms. The number of hydrogen-bond acceptors (Lipinski definition) is 5. The van der Waals surface area contributed by atoms with Crippen LogP contribution in [0.4, 0.5) is 0 Å². The fourth-order valence-electron chi connectivity index (χ4n) is 4.77. The molecule has 6 atom stereocenters. The van der Waals surface area contributed by atoms with Crippen molar-refractivity contribution in [2.75, 3.05) is 0 Å². The molecule has 0 aromatic carbocycles. The number of ether oxygens (including phenoxy) is 3. The minimum atomic E-state index is -0.440. The molecule has 0 radical (unpaired) electrons. The maximum atomic E-state index is 12.3. The average Bonchev–Trinajstić information content (AvgIpc) is 3.03. The molecule has 2 aliphatic heterocycles. The van der Waals surface area contributed by atoms with Gasteiger partial charge in [0, 0.05) is 23.5 Å². The van der Waals surface area contributed by atoms with Crippen LogP contribution in [-0.2, 0) is 23.8 Å². The molecule has 4 aliphatic rings. The highest BCUT2D eigenvalue weighted by molar-refractivity contribution is 5.92. The zero-order valence-corrected chi connectivity index (χ0v) is 15.1. The molecule has 5 heteroatoms. The van der Waals surface area contributed by atoms with Gasteiger partial charge in [0.25, 0.3) is 0 Å². The Kier molecular flexibility index (Phi) is 3.52. The number of fused-ring (bicyclic) bond motifs is 5. The predicted molar refractivity (Wildman–Crippen MR) is 90.5 cm³/mol. The number of hydrogen-bond donors (Lipinski definition) is 0. The Morgan fingerprint density at radius 3 is 2.80 bits per heavy atom. The van der Waals surface area contributed by atoms with Gasteiger partial charge in [-0.05, 0) is 34.1 Å². The van der Waals surface area contributed by atoms with Gasteiger partial charge in [0.05, 0.1) is 12.0 Å². The number of epoxide rings is 1. The lowest BCUT2D eigenvalue weighted by atomic mass is 9.80. The van der Waals surface area contributed by atoms with E-state index in [0.29, 0.717) is 17.6 Å². The third-order valence-corrected chi connectivity index (χ3v) is 6.44. The lowest BCUT2D eigenvalue weighted by molar-refractivity contribution is -0.149. The van der Waals surface area contributed by atoms with E-state index in [1.54, 1.807) is 19.9 Å². The van der Waals surface area contributed by atoms with Gasteiger partial charge in [-0.3, -0.25) is 0 Å². The van der Waals surface area contributed by atoms with E-state index in [0.717, 1.165) is 6.42 Å². The molecule has 0 aromatic heterocycles. The second-order valence-electron chi connectivity index (χ2n) is 7.82. The van der Waals surface area contributed by atoms with Gasteiger partial charge in [-0.25, -0.2) is 9.59 Å². The molecule has 2 aliphatic carbocycles. The van der Waals surface area contributed by atoms with Gasteiger partial charge in [0.2, 0.25) is 0 Å². The first-order valence-corrected chi connectivity index (χ1v) is 8.88. The molecule has 3 fully saturated rings. The number of esters is 2. The van der Waals surface area contributed by atoms with Crippen LogP contribution in [0, 0.1) is 11.8 Å². The van der Waals surface area contributed by atoms with Gasteiger partial charge in [-0.1, -0.05) is 23.8 Å². The molecule has 0 amide bonds. The van der Waals surface area contributed by atoms with E-state index in [1.165, 1.54) is 11.1 Å². The van der Waals surface area contributed by atoms with E-state index in [2.05, 4.69) is 20.4 Å². The zero-order valence-electron chi connectivity index (χ0n) is 15.1. The number of carbonyl (C=O) groups excluding carboxylic acids is 2. The first kappa shape index (κ1) is 16.6. The van der Waals surface area contributed by atoms with Crippen LogP contribution in [0.2, 0.25) is 0 Å². The molecule has 0 aromatic rings. The fraction of sp³-hybridized carbons (Fsp3) is 0.600. The minimum Gasteiger partial charge on any atom is -0.458 e. The van der Waals surface area contributed by atoms with E-state index in [9.17, 15) is 9.59 Å². The topological polar surface area (TPSA) is 65.1 Å². The Balaban J connectivity index is 1.73. The smallest absolute Gasteiger partial charge is 0.334 e. The number of rotatable bonds is 2. The first-order chi connectivity index (χ1) is 11.8. The Morgan fingerprint density at radius 1 is 1.40 bits per heavy atom. The molecule has 2 saturated heterocycles. The van der Waals surface area contributed by atoms with Crippen LogP contribution in [0.5, 0.6) is 0 Å². The Bertz CT molecular complexity index is 745.